The van der Waals surface area contributed by atoms with E-state index in [4.69, 9.17) is 19.8 Å². The molecule has 0 bridgehead atoms. The molecule has 10 heteroatoms. The molecular formula is C24H33N7O3. The molecule has 0 spiro atoms. The molecule has 34 heavy (non-hydrogen) atoms. The van der Waals surface area contributed by atoms with E-state index in [9.17, 15) is 9.90 Å². The van der Waals surface area contributed by atoms with E-state index in [0.717, 1.165) is 28.7 Å². The van der Waals surface area contributed by atoms with Crippen LogP contribution in [0.2, 0.25) is 0 Å². The molecule has 0 aromatic carbocycles. The number of rotatable bonds is 9. The minimum Gasteiger partial charge on any atom is -0.481 e. The van der Waals surface area contributed by atoms with E-state index in [-0.39, 0.29) is 5.92 Å². The molecule has 1 atom stereocenters. The first kappa shape index (κ1) is 23.9. The van der Waals surface area contributed by atoms with Gasteiger partial charge in [0.15, 0.2) is 5.82 Å². The van der Waals surface area contributed by atoms with E-state index in [1.807, 2.05) is 35.6 Å². The largest absolute Gasteiger partial charge is 0.481 e. The van der Waals surface area contributed by atoms with Gasteiger partial charge in [-0.1, -0.05) is 19.9 Å². The van der Waals surface area contributed by atoms with Gasteiger partial charge in [-0.2, -0.15) is 10.1 Å². The second-order valence-electron chi connectivity index (χ2n) is 9.00. The van der Waals surface area contributed by atoms with Crippen LogP contribution >= 0.6 is 0 Å². The van der Waals surface area contributed by atoms with Crippen LogP contribution < -0.4 is 10.2 Å². The topological polar surface area (TPSA) is 118 Å². The highest BCUT2D eigenvalue weighted by Crippen LogP contribution is 2.32. The Balaban J connectivity index is 1.82. The third kappa shape index (κ3) is 5.11. The van der Waals surface area contributed by atoms with Gasteiger partial charge in [-0.05, 0) is 44.2 Å². The molecule has 182 valence electrons. The molecule has 1 fully saturated rings. The molecule has 0 saturated carbocycles. The number of nitrogens with one attached hydrogen (secondary N) is 1. The number of aliphatic carboxylic acids is 1. The van der Waals surface area contributed by atoms with Gasteiger partial charge in [-0.25, -0.2) is 9.97 Å². The normalized spacial score (nSPS) is 16.4. The van der Waals surface area contributed by atoms with Crippen molar-refractivity contribution in [3.63, 3.8) is 0 Å². The molecule has 1 aliphatic rings. The third-order valence-electron chi connectivity index (χ3n) is 6.01. The summed E-state index contributed by atoms with van der Waals surface area (Å²) in [4.78, 5) is 27.9. The van der Waals surface area contributed by atoms with Crippen molar-refractivity contribution in [3.8, 4) is 0 Å². The average Bonchev–Trinajstić information content (AvgIpc) is 3.20. The van der Waals surface area contributed by atoms with Gasteiger partial charge in [-0.3, -0.25) is 9.48 Å². The summed E-state index contributed by atoms with van der Waals surface area (Å²) >= 11 is 0. The number of carboxylic acid groups (broad SMARTS) is 1. The summed E-state index contributed by atoms with van der Waals surface area (Å²) in [6, 6.07) is 3.90. The average molecular weight is 468 g/mol. The highest BCUT2D eigenvalue weighted by Gasteiger charge is 2.29. The van der Waals surface area contributed by atoms with Crippen molar-refractivity contribution in [1.29, 1.82) is 0 Å². The lowest BCUT2D eigenvalue weighted by atomic mass is 9.99. The monoisotopic (exact) mass is 467 g/mol. The first-order valence-electron chi connectivity index (χ1n) is 11.9. The van der Waals surface area contributed by atoms with Gasteiger partial charge in [0.2, 0.25) is 5.95 Å². The highest BCUT2D eigenvalue weighted by molar-refractivity contribution is 5.90. The first-order valence-corrected chi connectivity index (χ1v) is 11.9. The van der Waals surface area contributed by atoms with Crippen LogP contribution in [0.4, 0.5) is 17.6 Å². The number of fused-ring (bicyclic) bond motifs is 1. The van der Waals surface area contributed by atoms with Gasteiger partial charge in [0.25, 0.3) is 0 Å². The minimum atomic E-state index is -0.778. The van der Waals surface area contributed by atoms with Gasteiger partial charge in [0, 0.05) is 25.9 Å². The number of carbonyl (C=O) groups is 1. The van der Waals surface area contributed by atoms with Crippen LogP contribution in [0, 0.1) is 12.8 Å². The zero-order valence-corrected chi connectivity index (χ0v) is 20.3. The van der Waals surface area contributed by atoms with Gasteiger partial charge < -0.3 is 20.1 Å². The lowest BCUT2D eigenvalue weighted by Crippen LogP contribution is -2.39. The van der Waals surface area contributed by atoms with Crippen molar-refractivity contribution in [2.75, 3.05) is 36.5 Å². The second kappa shape index (κ2) is 10.3. The summed E-state index contributed by atoms with van der Waals surface area (Å²) in [6.07, 6.45) is 3.25. The number of anilines is 3. The molecule has 2 N–H and O–H groups in total. The van der Waals surface area contributed by atoms with E-state index in [1.54, 1.807) is 6.20 Å². The number of carboxylic acids is 1. The quantitative estimate of drug-likeness (QED) is 0.454. The summed E-state index contributed by atoms with van der Waals surface area (Å²) in [5.41, 5.74) is 3.50. The third-order valence-corrected chi connectivity index (χ3v) is 6.01. The maximum Gasteiger partial charge on any atom is 0.308 e. The lowest BCUT2D eigenvalue weighted by molar-refractivity contribution is -0.141. The van der Waals surface area contributed by atoms with E-state index in [0.29, 0.717) is 56.9 Å². The number of hydrogen-bond donors (Lipinski definition) is 2. The highest BCUT2D eigenvalue weighted by atomic mass is 16.5. The number of nitrogens with zero attached hydrogens (tertiary/aromatic N) is 6. The predicted molar refractivity (Wildman–Crippen MR) is 131 cm³/mol. The molecule has 3 aromatic rings. The Morgan fingerprint density at radius 1 is 1.32 bits per heavy atom. The van der Waals surface area contributed by atoms with Crippen LogP contribution in [-0.2, 0) is 16.1 Å². The fourth-order valence-corrected chi connectivity index (χ4v) is 4.19. The van der Waals surface area contributed by atoms with Crippen molar-refractivity contribution < 1.29 is 14.6 Å². The molecule has 0 aliphatic carbocycles. The molecule has 4 heterocycles. The van der Waals surface area contributed by atoms with Gasteiger partial charge in [0.1, 0.15) is 16.9 Å². The molecule has 3 aromatic heterocycles. The van der Waals surface area contributed by atoms with Crippen molar-refractivity contribution in [3.05, 3.63) is 29.6 Å². The van der Waals surface area contributed by atoms with E-state index in [1.165, 1.54) is 0 Å². The number of hydrogen-bond acceptors (Lipinski definition) is 8. The fraction of sp³-hybridized carbons (Fsp3) is 0.542. The Hall–Kier alpha value is -3.27. The van der Waals surface area contributed by atoms with Crippen LogP contribution in [-0.4, -0.2) is 62.1 Å². The zero-order chi connectivity index (χ0) is 24.2. The Labute approximate surface area is 199 Å². The van der Waals surface area contributed by atoms with Crippen LogP contribution in [0.1, 0.15) is 50.8 Å². The van der Waals surface area contributed by atoms with Crippen molar-refractivity contribution in [2.45, 2.75) is 53.0 Å². The Bertz CT molecular complexity index is 1140. The number of aryl methyl sites for hydroxylation is 1. The summed E-state index contributed by atoms with van der Waals surface area (Å²) < 4.78 is 7.48. The minimum absolute atomic E-state index is 0.150. The van der Waals surface area contributed by atoms with E-state index >= 15 is 0 Å². The zero-order valence-electron chi connectivity index (χ0n) is 20.3. The Morgan fingerprint density at radius 2 is 2.15 bits per heavy atom. The molecule has 1 saturated heterocycles. The molecule has 1 aliphatic heterocycles. The number of aromatic nitrogens is 5. The summed E-state index contributed by atoms with van der Waals surface area (Å²) in [5, 5.41) is 17.8. The molecule has 0 unspecified atom stereocenters. The van der Waals surface area contributed by atoms with Crippen molar-refractivity contribution in [2.24, 2.45) is 5.92 Å². The number of pyridine rings is 1. The van der Waals surface area contributed by atoms with Crippen LogP contribution in [0.3, 0.4) is 0 Å². The van der Waals surface area contributed by atoms with Crippen molar-refractivity contribution in [1.82, 2.24) is 24.7 Å². The van der Waals surface area contributed by atoms with Crippen LogP contribution in [0.15, 0.2) is 18.3 Å². The summed E-state index contributed by atoms with van der Waals surface area (Å²) in [5.74, 6) is 0.727. The van der Waals surface area contributed by atoms with E-state index < -0.39 is 11.9 Å². The first-order chi connectivity index (χ1) is 16.4. The van der Waals surface area contributed by atoms with E-state index in [2.05, 4.69) is 24.1 Å². The lowest BCUT2D eigenvalue weighted by Gasteiger charge is -2.31. The molecule has 0 radical (unpaired) electrons. The maximum atomic E-state index is 11.6. The van der Waals surface area contributed by atoms with Crippen LogP contribution in [0.25, 0.3) is 11.0 Å². The Morgan fingerprint density at radius 3 is 2.82 bits per heavy atom. The van der Waals surface area contributed by atoms with Crippen LogP contribution in [0.5, 0.6) is 0 Å². The summed E-state index contributed by atoms with van der Waals surface area (Å²) in [7, 11) is 0. The van der Waals surface area contributed by atoms with Gasteiger partial charge >= 0.3 is 5.97 Å². The second-order valence-corrected chi connectivity index (χ2v) is 9.00. The fourth-order valence-electron chi connectivity index (χ4n) is 4.19. The standard InChI is InChI=1S/C24H33N7O3/c1-5-34-12-11-31-21-20(19(29-31)15(2)3)27-24(30-10-6-7-17(14-30)23(32)33)28-22(21)26-18-9-8-16(4)13-25-18/h8-9,13,15,17H,5-7,10-12,14H2,1-4H3,(H,32,33)(H,25,26,27,28)/t17-/m1/s1. The van der Waals surface area contributed by atoms with Gasteiger partial charge in [-0.15, -0.1) is 0 Å². The molecule has 0 amide bonds. The smallest absolute Gasteiger partial charge is 0.308 e. The predicted octanol–water partition coefficient (Wildman–Crippen LogP) is 3.73. The number of ether oxygens (including phenoxy) is 1. The van der Waals surface area contributed by atoms with Crippen molar-refractivity contribution >= 4 is 34.6 Å². The SMILES string of the molecule is CCOCCn1nc(C(C)C)c2nc(N3CCC[C@@H](C(=O)O)C3)nc(Nc3ccc(C)cn3)c21. The Kier molecular flexibility index (Phi) is 7.26. The maximum absolute atomic E-state index is 11.6. The molecule has 10 nitrogen and oxygen atoms in total. The molecule has 4 rings (SSSR count). The number of piperidine rings is 1. The molecular weight excluding hydrogens is 434 g/mol. The van der Waals surface area contributed by atoms with Gasteiger partial charge in [0.05, 0.1) is 24.8 Å². The summed E-state index contributed by atoms with van der Waals surface area (Å²) in [6.45, 7) is 11.0.